The molecule has 0 N–H and O–H groups in total. The highest BCUT2D eigenvalue weighted by Gasteiger charge is 1.80. The summed E-state index contributed by atoms with van der Waals surface area (Å²) in [6.07, 6.45) is 3.67. The Kier molecular flexibility index (Phi) is 1.27. The van der Waals surface area contributed by atoms with Crippen LogP contribution in [-0.4, -0.2) is 5.75 Å². The fourth-order valence-corrected chi connectivity index (χ4v) is 0.587. The van der Waals surface area contributed by atoms with Gasteiger partial charge in [-0.25, -0.2) is 0 Å². The molecule has 32 valence electrons. The van der Waals surface area contributed by atoms with Crippen LogP contribution in [0.2, 0.25) is 0 Å². The normalized spacial score (nSPS) is 18.7. The molecule has 0 spiro atoms. The van der Waals surface area contributed by atoms with Gasteiger partial charge in [0.1, 0.15) is 0 Å². The van der Waals surface area contributed by atoms with E-state index >= 15 is 0 Å². The first kappa shape index (κ1) is 3.87. The lowest BCUT2D eigenvalue weighted by molar-refractivity contribution is 1.30. The van der Waals surface area contributed by atoms with Gasteiger partial charge in [0.15, 0.2) is 0 Å². The molecule has 0 aliphatic carbocycles. The SMILES string of the molecule is C1=CN=NSC1. The first-order valence-electron chi connectivity index (χ1n) is 1.67. The maximum Gasteiger partial charge on any atom is 0.0471 e. The van der Waals surface area contributed by atoms with Crippen LogP contribution in [0.15, 0.2) is 21.9 Å². The quantitative estimate of drug-likeness (QED) is 0.424. The summed E-state index contributed by atoms with van der Waals surface area (Å²) in [7, 11) is 0. The summed E-state index contributed by atoms with van der Waals surface area (Å²) < 4.78 is 3.63. The second kappa shape index (κ2) is 1.97. The molecule has 0 aromatic carbocycles. The topological polar surface area (TPSA) is 24.7 Å². The van der Waals surface area contributed by atoms with Crippen LogP contribution in [0.4, 0.5) is 0 Å². The zero-order valence-corrected chi connectivity index (χ0v) is 3.98. The lowest BCUT2D eigenvalue weighted by Crippen LogP contribution is -1.67. The molecular formula is C3H4N2S. The fraction of sp³-hybridized carbons (Fsp3) is 0.333. The van der Waals surface area contributed by atoms with Crippen LogP contribution in [0.1, 0.15) is 0 Å². The Morgan fingerprint density at radius 2 is 2.67 bits per heavy atom. The van der Waals surface area contributed by atoms with Gasteiger partial charge in [0, 0.05) is 23.9 Å². The third kappa shape index (κ3) is 0.825. The van der Waals surface area contributed by atoms with E-state index in [9.17, 15) is 0 Å². The summed E-state index contributed by atoms with van der Waals surface area (Å²) >= 11 is 1.47. The molecule has 0 bridgehead atoms. The molecule has 1 heterocycles. The summed E-state index contributed by atoms with van der Waals surface area (Å²) in [5.74, 6) is 0.976. The van der Waals surface area contributed by atoms with E-state index in [2.05, 4.69) is 9.63 Å². The maximum absolute atomic E-state index is 3.63. The molecule has 0 fully saturated rings. The Balaban J connectivity index is 2.46. The predicted molar refractivity (Wildman–Crippen MR) is 26.5 cm³/mol. The van der Waals surface area contributed by atoms with Crippen molar-refractivity contribution in [1.29, 1.82) is 0 Å². The van der Waals surface area contributed by atoms with Crippen LogP contribution >= 0.6 is 11.9 Å². The monoisotopic (exact) mass is 100 g/mol. The van der Waals surface area contributed by atoms with E-state index in [1.165, 1.54) is 11.9 Å². The van der Waals surface area contributed by atoms with Gasteiger partial charge >= 0.3 is 0 Å². The molecule has 0 atom stereocenters. The van der Waals surface area contributed by atoms with E-state index in [0.29, 0.717) is 0 Å². The summed E-state index contributed by atoms with van der Waals surface area (Å²) in [5.41, 5.74) is 0. The molecule has 0 saturated carbocycles. The third-order valence-corrected chi connectivity index (χ3v) is 0.999. The van der Waals surface area contributed by atoms with E-state index in [1.54, 1.807) is 6.20 Å². The van der Waals surface area contributed by atoms with Crippen molar-refractivity contribution >= 4 is 11.9 Å². The molecule has 3 heteroatoms. The molecule has 0 radical (unpaired) electrons. The van der Waals surface area contributed by atoms with E-state index < -0.39 is 0 Å². The zero-order chi connectivity index (χ0) is 4.24. The Bertz CT molecular complexity index is 74.8. The van der Waals surface area contributed by atoms with Gasteiger partial charge < -0.3 is 0 Å². The van der Waals surface area contributed by atoms with Crippen molar-refractivity contribution in [2.24, 2.45) is 9.63 Å². The Hall–Kier alpha value is -0.310. The van der Waals surface area contributed by atoms with E-state index in [4.69, 9.17) is 0 Å². The molecular weight excluding hydrogens is 96.1 g/mol. The van der Waals surface area contributed by atoms with Gasteiger partial charge in [-0.2, -0.15) is 5.11 Å². The van der Waals surface area contributed by atoms with Crippen LogP contribution in [0.25, 0.3) is 0 Å². The average molecular weight is 100 g/mol. The number of hydrogen-bond acceptors (Lipinski definition) is 3. The van der Waals surface area contributed by atoms with Crippen LogP contribution in [-0.2, 0) is 0 Å². The van der Waals surface area contributed by atoms with Crippen molar-refractivity contribution in [2.75, 3.05) is 5.75 Å². The molecule has 0 saturated heterocycles. The number of nitrogens with zero attached hydrogens (tertiary/aromatic N) is 2. The molecule has 1 aliphatic rings. The third-order valence-electron chi connectivity index (χ3n) is 0.448. The van der Waals surface area contributed by atoms with Crippen molar-refractivity contribution in [2.45, 2.75) is 0 Å². The average Bonchev–Trinajstić information content (AvgIpc) is 1.72. The smallest absolute Gasteiger partial charge is 0.0471 e. The number of rotatable bonds is 0. The highest BCUT2D eigenvalue weighted by Crippen LogP contribution is 2.06. The minimum Gasteiger partial charge on any atom is -0.152 e. The van der Waals surface area contributed by atoms with Gasteiger partial charge in [0.25, 0.3) is 0 Å². The minimum atomic E-state index is 0.976. The second-order valence-electron chi connectivity index (χ2n) is 0.878. The Morgan fingerprint density at radius 3 is 2.83 bits per heavy atom. The first-order valence-corrected chi connectivity index (χ1v) is 2.61. The van der Waals surface area contributed by atoms with Crippen LogP contribution < -0.4 is 0 Å². The van der Waals surface area contributed by atoms with Gasteiger partial charge in [-0.05, 0) is 0 Å². The predicted octanol–water partition coefficient (Wildman–Crippen LogP) is 1.61. The zero-order valence-electron chi connectivity index (χ0n) is 3.16. The molecule has 6 heavy (non-hydrogen) atoms. The highest BCUT2D eigenvalue weighted by molar-refractivity contribution is 7.98. The Labute approximate surface area is 40.5 Å². The number of hydrogen-bond donors (Lipinski definition) is 0. The van der Waals surface area contributed by atoms with E-state index in [1.807, 2.05) is 6.08 Å². The molecule has 0 aromatic heterocycles. The van der Waals surface area contributed by atoms with Gasteiger partial charge in [0.05, 0.1) is 0 Å². The largest absolute Gasteiger partial charge is 0.152 e. The summed E-state index contributed by atoms with van der Waals surface area (Å²) in [5, 5.41) is 3.58. The summed E-state index contributed by atoms with van der Waals surface area (Å²) in [6.45, 7) is 0. The van der Waals surface area contributed by atoms with Crippen molar-refractivity contribution < 1.29 is 0 Å². The molecule has 0 unspecified atom stereocenters. The van der Waals surface area contributed by atoms with E-state index in [0.717, 1.165) is 5.75 Å². The summed E-state index contributed by atoms with van der Waals surface area (Å²) in [4.78, 5) is 0. The van der Waals surface area contributed by atoms with Crippen molar-refractivity contribution in [3.8, 4) is 0 Å². The minimum absolute atomic E-state index is 0.976. The lowest BCUT2D eigenvalue weighted by atomic mass is 10.7. The molecule has 2 nitrogen and oxygen atoms in total. The van der Waals surface area contributed by atoms with Gasteiger partial charge in [-0.3, -0.25) is 0 Å². The van der Waals surface area contributed by atoms with Gasteiger partial charge in [-0.15, -0.1) is 4.52 Å². The summed E-state index contributed by atoms with van der Waals surface area (Å²) in [6, 6.07) is 0. The van der Waals surface area contributed by atoms with Crippen LogP contribution in [0.5, 0.6) is 0 Å². The van der Waals surface area contributed by atoms with Crippen LogP contribution in [0, 0.1) is 0 Å². The van der Waals surface area contributed by atoms with Crippen LogP contribution in [0.3, 0.4) is 0 Å². The lowest BCUT2D eigenvalue weighted by Gasteiger charge is -1.85. The fourth-order valence-electron chi connectivity index (χ4n) is 0.227. The molecule has 1 aliphatic heterocycles. The van der Waals surface area contributed by atoms with Crippen molar-refractivity contribution in [3.05, 3.63) is 12.3 Å². The standard InChI is InChI=1S/C3H4N2S/c1-2-4-5-6-3-1/h1-2H,3H2. The molecule has 1 rings (SSSR count). The van der Waals surface area contributed by atoms with Gasteiger partial charge in [0.2, 0.25) is 0 Å². The highest BCUT2D eigenvalue weighted by atomic mass is 32.2. The van der Waals surface area contributed by atoms with Gasteiger partial charge in [-0.1, -0.05) is 6.08 Å². The van der Waals surface area contributed by atoms with Crippen molar-refractivity contribution in [3.63, 3.8) is 0 Å². The van der Waals surface area contributed by atoms with E-state index in [-0.39, 0.29) is 0 Å². The maximum atomic E-state index is 3.63. The van der Waals surface area contributed by atoms with Crippen molar-refractivity contribution in [1.82, 2.24) is 0 Å². The Morgan fingerprint density at radius 1 is 1.67 bits per heavy atom. The first-order chi connectivity index (χ1) is 3.00. The molecule has 0 aromatic rings. The molecule has 0 amide bonds. The second-order valence-corrected chi connectivity index (χ2v) is 1.63.